The highest BCUT2D eigenvalue weighted by Crippen LogP contribution is 2.15. The van der Waals surface area contributed by atoms with Crippen molar-refractivity contribution in [2.75, 3.05) is 6.54 Å². The van der Waals surface area contributed by atoms with E-state index in [0.717, 1.165) is 12.1 Å². The molecular weight excluding hydrogens is 258 g/mol. The van der Waals surface area contributed by atoms with Crippen molar-refractivity contribution in [3.05, 3.63) is 34.4 Å². The molecule has 0 saturated carbocycles. The molecule has 0 fully saturated rings. The molecule has 3 N–H and O–H groups in total. The van der Waals surface area contributed by atoms with Gasteiger partial charge < -0.3 is 5.73 Å². The van der Waals surface area contributed by atoms with E-state index in [1.54, 1.807) is 13.8 Å². The van der Waals surface area contributed by atoms with Gasteiger partial charge in [0, 0.05) is 24.2 Å². The summed E-state index contributed by atoms with van der Waals surface area (Å²) in [5.74, 6) is 0. The second-order valence-corrected chi connectivity index (χ2v) is 6.33. The number of benzene rings is 1. The fourth-order valence-corrected chi connectivity index (χ4v) is 2.33. The van der Waals surface area contributed by atoms with Crippen LogP contribution in [-0.2, 0) is 10.0 Å². The zero-order valence-corrected chi connectivity index (χ0v) is 10.9. The molecule has 0 aliphatic heterocycles. The second-order valence-electron chi connectivity index (χ2n) is 4.56. The van der Waals surface area contributed by atoms with Gasteiger partial charge in [0.25, 0.3) is 5.69 Å². The summed E-state index contributed by atoms with van der Waals surface area (Å²) in [7, 11) is -3.69. The third-order valence-electron chi connectivity index (χ3n) is 2.08. The van der Waals surface area contributed by atoms with Crippen LogP contribution in [0.15, 0.2) is 29.2 Å². The smallest absolute Gasteiger partial charge is 0.269 e. The Balaban J connectivity index is 2.89. The van der Waals surface area contributed by atoms with Crippen LogP contribution in [0.25, 0.3) is 0 Å². The van der Waals surface area contributed by atoms with Crippen LogP contribution in [0.1, 0.15) is 13.8 Å². The van der Waals surface area contributed by atoms with E-state index >= 15 is 0 Å². The molecule has 0 spiro atoms. The molecule has 0 bridgehead atoms. The van der Waals surface area contributed by atoms with Gasteiger partial charge in [-0.3, -0.25) is 10.1 Å². The van der Waals surface area contributed by atoms with Crippen LogP contribution in [0.4, 0.5) is 5.69 Å². The highest BCUT2D eigenvalue weighted by molar-refractivity contribution is 7.89. The third kappa shape index (κ3) is 4.06. The predicted octanol–water partition coefficient (Wildman–Crippen LogP) is 0.610. The van der Waals surface area contributed by atoms with Gasteiger partial charge in [-0.2, -0.15) is 0 Å². The normalized spacial score (nSPS) is 12.4. The molecule has 0 aliphatic rings. The SMILES string of the molecule is CC(C)(N)CNS(=O)(=O)c1ccc([N+](=O)[O-])cc1. The topological polar surface area (TPSA) is 115 Å². The predicted molar refractivity (Wildman–Crippen MR) is 66.6 cm³/mol. The number of hydrogen-bond acceptors (Lipinski definition) is 5. The molecule has 0 amide bonds. The molecule has 7 nitrogen and oxygen atoms in total. The van der Waals surface area contributed by atoms with Crippen LogP contribution >= 0.6 is 0 Å². The molecule has 0 aromatic heterocycles. The van der Waals surface area contributed by atoms with Crippen LogP contribution in [0.5, 0.6) is 0 Å². The summed E-state index contributed by atoms with van der Waals surface area (Å²) < 4.78 is 26.0. The lowest BCUT2D eigenvalue weighted by Gasteiger charge is -2.18. The Morgan fingerprint density at radius 2 is 1.83 bits per heavy atom. The first-order valence-corrected chi connectivity index (χ1v) is 6.63. The lowest BCUT2D eigenvalue weighted by molar-refractivity contribution is -0.384. The van der Waals surface area contributed by atoms with Crippen molar-refractivity contribution in [3.63, 3.8) is 0 Å². The van der Waals surface area contributed by atoms with E-state index in [4.69, 9.17) is 5.73 Å². The summed E-state index contributed by atoms with van der Waals surface area (Å²) in [5, 5.41) is 10.4. The van der Waals surface area contributed by atoms with E-state index in [0.29, 0.717) is 0 Å². The highest BCUT2D eigenvalue weighted by Gasteiger charge is 2.19. The maximum absolute atomic E-state index is 11.8. The molecule has 8 heteroatoms. The zero-order chi connectivity index (χ0) is 14.0. The number of nitrogens with one attached hydrogen (secondary N) is 1. The van der Waals surface area contributed by atoms with E-state index in [2.05, 4.69) is 4.72 Å². The molecule has 0 unspecified atom stereocenters. The highest BCUT2D eigenvalue weighted by atomic mass is 32.2. The summed E-state index contributed by atoms with van der Waals surface area (Å²) in [6.07, 6.45) is 0. The van der Waals surface area contributed by atoms with Crippen molar-refractivity contribution < 1.29 is 13.3 Å². The van der Waals surface area contributed by atoms with Crippen molar-refractivity contribution in [1.82, 2.24) is 4.72 Å². The zero-order valence-electron chi connectivity index (χ0n) is 10.1. The maximum Gasteiger partial charge on any atom is 0.269 e. The van der Waals surface area contributed by atoms with Gasteiger partial charge in [0.05, 0.1) is 9.82 Å². The van der Waals surface area contributed by atoms with Crippen LogP contribution in [0, 0.1) is 10.1 Å². The molecule has 1 aromatic rings. The number of hydrogen-bond donors (Lipinski definition) is 2. The first kappa shape index (κ1) is 14.6. The van der Waals surface area contributed by atoms with Crippen molar-refractivity contribution in [2.24, 2.45) is 5.73 Å². The minimum absolute atomic E-state index is 0.0302. The Bertz CT molecular complexity index is 531. The first-order chi connectivity index (χ1) is 8.12. The maximum atomic E-state index is 11.8. The molecule has 0 saturated heterocycles. The Morgan fingerprint density at radius 3 is 2.22 bits per heavy atom. The van der Waals surface area contributed by atoms with E-state index < -0.39 is 20.5 Å². The number of non-ortho nitro benzene ring substituents is 1. The fraction of sp³-hybridized carbons (Fsp3) is 0.400. The van der Waals surface area contributed by atoms with Crippen LogP contribution in [0.3, 0.4) is 0 Å². The minimum atomic E-state index is -3.69. The third-order valence-corrected chi connectivity index (χ3v) is 3.49. The van der Waals surface area contributed by atoms with E-state index in [1.165, 1.54) is 12.1 Å². The summed E-state index contributed by atoms with van der Waals surface area (Å²) in [4.78, 5) is 9.82. The largest absolute Gasteiger partial charge is 0.324 e. The number of nitro groups is 1. The molecular formula is C10H15N3O4S. The summed E-state index contributed by atoms with van der Waals surface area (Å²) >= 11 is 0. The first-order valence-electron chi connectivity index (χ1n) is 5.15. The van der Waals surface area contributed by atoms with Gasteiger partial charge in [0.2, 0.25) is 10.0 Å². The Kier molecular flexibility index (Phi) is 4.05. The molecule has 1 aromatic carbocycles. The lowest BCUT2D eigenvalue weighted by Crippen LogP contribution is -2.45. The quantitative estimate of drug-likeness (QED) is 0.602. The van der Waals surface area contributed by atoms with Gasteiger partial charge in [-0.15, -0.1) is 0 Å². The molecule has 100 valence electrons. The van der Waals surface area contributed by atoms with E-state index in [9.17, 15) is 18.5 Å². The minimum Gasteiger partial charge on any atom is -0.324 e. The lowest BCUT2D eigenvalue weighted by atomic mass is 10.1. The van der Waals surface area contributed by atoms with Gasteiger partial charge in [0.15, 0.2) is 0 Å². The summed E-state index contributed by atoms with van der Waals surface area (Å²) in [6, 6.07) is 4.65. The number of nitro benzene ring substituents is 1. The van der Waals surface area contributed by atoms with Crippen molar-refractivity contribution >= 4 is 15.7 Å². The average molecular weight is 273 g/mol. The number of sulfonamides is 1. The molecule has 0 atom stereocenters. The molecule has 18 heavy (non-hydrogen) atoms. The number of rotatable bonds is 5. The van der Waals surface area contributed by atoms with Gasteiger partial charge >= 0.3 is 0 Å². The standard InChI is InChI=1S/C10H15N3O4S/c1-10(2,11)7-12-18(16,17)9-5-3-8(4-6-9)13(14)15/h3-6,12H,7,11H2,1-2H3. The Morgan fingerprint density at radius 1 is 1.33 bits per heavy atom. The van der Waals surface area contributed by atoms with Crippen molar-refractivity contribution in [3.8, 4) is 0 Å². The fourth-order valence-electron chi connectivity index (χ4n) is 1.11. The summed E-state index contributed by atoms with van der Waals surface area (Å²) in [6.45, 7) is 3.45. The van der Waals surface area contributed by atoms with Crippen molar-refractivity contribution in [1.29, 1.82) is 0 Å². The molecule has 0 aliphatic carbocycles. The van der Waals surface area contributed by atoms with Crippen LogP contribution in [-0.4, -0.2) is 25.4 Å². The van der Waals surface area contributed by atoms with Gasteiger partial charge in [0.1, 0.15) is 0 Å². The monoisotopic (exact) mass is 273 g/mol. The van der Waals surface area contributed by atoms with E-state index in [1.807, 2.05) is 0 Å². The van der Waals surface area contributed by atoms with E-state index in [-0.39, 0.29) is 17.1 Å². The molecule has 0 radical (unpaired) electrons. The van der Waals surface area contributed by atoms with Gasteiger partial charge in [-0.1, -0.05) is 0 Å². The Labute approximate surface area is 105 Å². The Hall–Kier alpha value is -1.51. The van der Waals surface area contributed by atoms with Crippen molar-refractivity contribution in [2.45, 2.75) is 24.3 Å². The second kappa shape index (κ2) is 5.01. The number of nitrogens with zero attached hydrogens (tertiary/aromatic N) is 1. The molecule has 1 rings (SSSR count). The van der Waals surface area contributed by atoms with Crippen LogP contribution < -0.4 is 10.5 Å². The summed E-state index contributed by atoms with van der Waals surface area (Å²) in [5.41, 5.74) is 4.84. The van der Waals surface area contributed by atoms with Crippen LogP contribution in [0.2, 0.25) is 0 Å². The van der Waals surface area contributed by atoms with Gasteiger partial charge in [-0.05, 0) is 26.0 Å². The number of nitrogens with two attached hydrogens (primary N) is 1. The molecule has 0 heterocycles. The van der Waals surface area contributed by atoms with Gasteiger partial charge in [-0.25, -0.2) is 13.1 Å². The average Bonchev–Trinajstić information content (AvgIpc) is 2.26.